The lowest BCUT2D eigenvalue weighted by Crippen LogP contribution is -2.48. The molecule has 0 fully saturated rings. The Morgan fingerprint density at radius 3 is 2.61 bits per heavy atom. The Morgan fingerprint density at radius 2 is 1.84 bits per heavy atom. The summed E-state index contributed by atoms with van der Waals surface area (Å²) >= 11 is 0. The van der Waals surface area contributed by atoms with Crippen LogP contribution < -0.4 is 21.0 Å². The zero-order valence-electron chi connectivity index (χ0n) is 20.6. The van der Waals surface area contributed by atoms with E-state index in [2.05, 4.69) is 10.3 Å². The zero-order valence-corrected chi connectivity index (χ0v) is 20.6. The average molecular weight is 507 g/mol. The quantitative estimate of drug-likeness (QED) is 0.446. The molecular formula is C28H22N6O4. The Morgan fingerprint density at radius 1 is 1.08 bits per heavy atom. The number of carbonyl (C=O) groups excluding carboxylic acids is 1. The third-order valence-corrected chi connectivity index (χ3v) is 6.90. The van der Waals surface area contributed by atoms with Gasteiger partial charge in [-0.2, -0.15) is 5.26 Å². The van der Waals surface area contributed by atoms with E-state index in [4.69, 9.17) is 14.9 Å². The number of rotatable bonds is 4. The zero-order chi connectivity index (χ0) is 26.6. The molecule has 4 aromatic rings. The van der Waals surface area contributed by atoms with Crippen molar-refractivity contribution in [3.8, 4) is 11.8 Å². The number of nitrogens with zero attached hydrogens (tertiary/aromatic N) is 5. The highest BCUT2D eigenvalue weighted by atomic mass is 16.5. The van der Waals surface area contributed by atoms with Gasteiger partial charge in [0.25, 0.3) is 0 Å². The lowest BCUT2D eigenvalue weighted by atomic mass is 9.69. The van der Waals surface area contributed by atoms with Crippen molar-refractivity contribution < 1.29 is 13.9 Å². The van der Waals surface area contributed by atoms with Crippen LogP contribution in [0.5, 0.6) is 5.75 Å². The first-order chi connectivity index (χ1) is 18.3. The average Bonchev–Trinajstić information content (AvgIpc) is 3.42. The van der Waals surface area contributed by atoms with Gasteiger partial charge in [-0.15, -0.1) is 5.10 Å². The molecule has 1 amide bonds. The summed E-state index contributed by atoms with van der Waals surface area (Å²) in [7, 11) is 0. The number of hydrogen-bond donors (Lipinski definition) is 1. The predicted molar refractivity (Wildman–Crippen MR) is 136 cm³/mol. The SMILES string of the molecule is Cc1ccc(Cn2cc(CN3C(=O)C4(C(C#N)=C(N)Oc5cc(C)oc(=O)c54)c4ccccc43)nn2)cc1. The van der Waals surface area contributed by atoms with Crippen molar-refractivity contribution in [2.24, 2.45) is 5.73 Å². The number of anilines is 1. The van der Waals surface area contributed by atoms with Crippen LogP contribution in [0.4, 0.5) is 5.69 Å². The number of nitrogens with two attached hydrogens (primary N) is 1. The molecule has 188 valence electrons. The van der Waals surface area contributed by atoms with Gasteiger partial charge in [-0.3, -0.25) is 4.79 Å². The maximum atomic E-state index is 14.4. The van der Waals surface area contributed by atoms with Crippen LogP contribution in [0.1, 0.15) is 33.7 Å². The van der Waals surface area contributed by atoms with Crippen molar-refractivity contribution in [2.75, 3.05) is 4.90 Å². The van der Waals surface area contributed by atoms with Gasteiger partial charge in [-0.05, 0) is 25.5 Å². The van der Waals surface area contributed by atoms with Gasteiger partial charge in [0.2, 0.25) is 11.8 Å². The van der Waals surface area contributed by atoms with E-state index >= 15 is 0 Å². The number of hydrogen-bond acceptors (Lipinski definition) is 8. The van der Waals surface area contributed by atoms with Crippen LogP contribution in [-0.2, 0) is 23.3 Å². The third kappa shape index (κ3) is 3.33. The fraction of sp³-hybridized carbons (Fsp3) is 0.179. The summed E-state index contributed by atoms with van der Waals surface area (Å²) in [5.41, 5.74) is 7.09. The van der Waals surface area contributed by atoms with Gasteiger partial charge in [0, 0.05) is 17.3 Å². The smallest absolute Gasteiger partial charge is 0.344 e. The summed E-state index contributed by atoms with van der Waals surface area (Å²) in [6, 6.07) is 18.6. The van der Waals surface area contributed by atoms with Crippen molar-refractivity contribution in [1.29, 1.82) is 5.26 Å². The van der Waals surface area contributed by atoms with Crippen LogP contribution in [0.15, 0.2) is 81.5 Å². The topological polar surface area (TPSA) is 140 Å². The number of aromatic nitrogens is 3. The maximum Gasteiger partial charge on any atom is 0.344 e. The van der Waals surface area contributed by atoms with Gasteiger partial charge in [-0.1, -0.05) is 53.2 Å². The summed E-state index contributed by atoms with van der Waals surface area (Å²) in [5, 5.41) is 18.6. The Labute approximate surface area is 217 Å². The maximum absolute atomic E-state index is 14.4. The fourth-order valence-electron chi connectivity index (χ4n) is 5.24. The highest BCUT2D eigenvalue weighted by Gasteiger charge is 2.61. The van der Waals surface area contributed by atoms with E-state index < -0.39 is 16.9 Å². The van der Waals surface area contributed by atoms with Gasteiger partial charge in [-0.25, -0.2) is 9.48 Å². The molecule has 0 saturated heterocycles. The van der Waals surface area contributed by atoms with Crippen molar-refractivity contribution in [1.82, 2.24) is 15.0 Å². The normalized spacial score (nSPS) is 17.8. The molecule has 10 heteroatoms. The van der Waals surface area contributed by atoms with Crippen molar-refractivity contribution in [2.45, 2.75) is 32.4 Å². The van der Waals surface area contributed by atoms with Crippen LogP contribution in [-0.4, -0.2) is 20.9 Å². The molecule has 0 aliphatic carbocycles. The van der Waals surface area contributed by atoms with E-state index in [9.17, 15) is 14.9 Å². The molecule has 4 heterocycles. The molecular weight excluding hydrogens is 484 g/mol. The lowest BCUT2D eigenvalue weighted by molar-refractivity contribution is -0.121. The fourth-order valence-corrected chi connectivity index (χ4v) is 5.24. The molecule has 2 aliphatic rings. The Bertz CT molecular complexity index is 1740. The molecule has 2 aliphatic heterocycles. The van der Waals surface area contributed by atoms with Crippen LogP contribution in [0.2, 0.25) is 0 Å². The van der Waals surface area contributed by atoms with E-state index in [0.29, 0.717) is 23.5 Å². The molecule has 38 heavy (non-hydrogen) atoms. The van der Waals surface area contributed by atoms with Crippen LogP contribution in [0.25, 0.3) is 0 Å². The van der Waals surface area contributed by atoms with E-state index in [-0.39, 0.29) is 35.1 Å². The van der Waals surface area contributed by atoms with Crippen LogP contribution >= 0.6 is 0 Å². The highest BCUT2D eigenvalue weighted by molar-refractivity contribution is 6.14. The number of benzene rings is 2. The molecule has 1 spiro atoms. The molecule has 1 atom stereocenters. The predicted octanol–water partition coefficient (Wildman–Crippen LogP) is 2.82. The lowest BCUT2D eigenvalue weighted by Gasteiger charge is -2.33. The molecule has 6 rings (SSSR count). The minimum atomic E-state index is -1.81. The second-order valence-electron chi connectivity index (χ2n) is 9.39. The van der Waals surface area contributed by atoms with Gasteiger partial charge >= 0.3 is 5.63 Å². The first-order valence-electron chi connectivity index (χ1n) is 11.9. The van der Waals surface area contributed by atoms with Crippen molar-refractivity contribution >= 4 is 11.6 Å². The van der Waals surface area contributed by atoms with E-state index in [1.165, 1.54) is 16.5 Å². The monoisotopic (exact) mass is 506 g/mol. The van der Waals surface area contributed by atoms with Gasteiger partial charge in [0.1, 0.15) is 34.4 Å². The number of nitriles is 1. The number of carbonyl (C=O) groups is 1. The molecule has 0 saturated carbocycles. The number of aryl methyl sites for hydroxylation is 2. The number of ether oxygens (including phenoxy) is 1. The Kier molecular flexibility index (Phi) is 5.17. The summed E-state index contributed by atoms with van der Waals surface area (Å²) in [4.78, 5) is 29.1. The Balaban J connectivity index is 1.45. The van der Waals surface area contributed by atoms with E-state index in [0.717, 1.165) is 5.56 Å². The summed E-state index contributed by atoms with van der Waals surface area (Å²) in [6.45, 7) is 4.20. The van der Waals surface area contributed by atoms with Crippen LogP contribution in [0.3, 0.4) is 0 Å². The van der Waals surface area contributed by atoms with Gasteiger partial charge < -0.3 is 19.8 Å². The summed E-state index contributed by atoms with van der Waals surface area (Å²) in [6.07, 6.45) is 1.77. The first-order valence-corrected chi connectivity index (χ1v) is 11.9. The van der Waals surface area contributed by atoms with Crippen molar-refractivity contribution in [3.63, 3.8) is 0 Å². The largest absolute Gasteiger partial charge is 0.440 e. The summed E-state index contributed by atoms with van der Waals surface area (Å²) < 4.78 is 12.7. The first kappa shape index (κ1) is 23.2. The van der Waals surface area contributed by atoms with Gasteiger partial charge in [0.05, 0.1) is 19.3 Å². The van der Waals surface area contributed by atoms with E-state index in [1.54, 1.807) is 42.1 Å². The standard InChI is InChI=1S/C28H22N6O4/c1-16-7-9-18(10-8-16)13-33-14-19(31-32-33)15-34-22-6-4-3-5-20(22)28(27(34)36)21(12-29)25(30)38-23-11-17(2)37-26(35)24(23)28/h3-11,14H,13,15,30H2,1-2H3. The Hall–Kier alpha value is -5.17. The number of fused-ring (bicyclic) bond motifs is 4. The second-order valence-corrected chi connectivity index (χ2v) is 9.39. The molecule has 0 radical (unpaired) electrons. The number of para-hydroxylation sites is 1. The van der Waals surface area contributed by atoms with Crippen molar-refractivity contribution in [3.05, 3.63) is 116 Å². The van der Waals surface area contributed by atoms with E-state index in [1.807, 2.05) is 37.3 Å². The third-order valence-electron chi connectivity index (χ3n) is 6.90. The highest BCUT2D eigenvalue weighted by Crippen LogP contribution is 2.54. The van der Waals surface area contributed by atoms with Crippen LogP contribution in [0, 0.1) is 25.2 Å². The summed E-state index contributed by atoms with van der Waals surface area (Å²) in [5.74, 6) is -0.381. The number of amides is 1. The molecule has 10 nitrogen and oxygen atoms in total. The minimum absolute atomic E-state index is 0.0670. The molecule has 2 aromatic heterocycles. The molecule has 2 aromatic carbocycles. The molecule has 2 N–H and O–H groups in total. The second kappa shape index (κ2) is 8.45. The minimum Gasteiger partial charge on any atom is -0.440 e. The molecule has 0 bridgehead atoms. The molecule has 1 unspecified atom stereocenters. The van der Waals surface area contributed by atoms with Gasteiger partial charge in [0.15, 0.2) is 5.41 Å².